The minimum absolute atomic E-state index is 0.202. The Kier molecular flexibility index (Phi) is 5.59. The lowest BCUT2D eigenvalue weighted by atomic mass is 10.1. The molecule has 0 saturated heterocycles. The number of aromatic nitrogens is 2. The number of fused-ring (bicyclic) bond motifs is 1. The van der Waals surface area contributed by atoms with Crippen molar-refractivity contribution < 1.29 is 9.13 Å². The van der Waals surface area contributed by atoms with Crippen LogP contribution in [0, 0.1) is 12.7 Å². The Morgan fingerprint density at radius 1 is 1.43 bits per heavy atom. The fourth-order valence-corrected chi connectivity index (χ4v) is 2.92. The number of halogens is 2. The fourth-order valence-electron chi connectivity index (χ4n) is 2.75. The summed E-state index contributed by atoms with van der Waals surface area (Å²) in [5.41, 5.74) is 2.29. The zero-order valence-electron chi connectivity index (χ0n) is 12.8. The van der Waals surface area contributed by atoms with Crippen molar-refractivity contribution in [1.29, 1.82) is 0 Å². The van der Waals surface area contributed by atoms with Gasteiger partial charge in [-0.2, -0.15) is 0 Å². The lowest BCUT2D eigenvalue weighted by Crippen LogP contribution is -2.17. The number of rotatable bonds is 7. The van der Waals surface area contributed by atoms with Gasteiger partial charge in [-0.05, 0) is 25.0 Å². The summed E-state index contributed by atoms with van der Waals surface area (Å²) in [6.45, 7) is 4.54. The molecule has 1 aromatic heterocycles. The zero-order valence-corrected chi connectivity index (χ0v) is 13.6. The third-order valence-electron chi connectivity index (χ3n) is 3.71. The van der Waals surface area contributed by atoms with Gasteiger partial charge in [-0.1, -0.05) is 13.3 Å². The molecule has 21 heavy (non-hydrogen) atoms. The largest absolute Gasteiger partial charge is 0.383 e. The van der Waals surface area contributed by atoms with Crippen LogP contribution in [0.1, 0.15) is 37.2 Å². The zero-order chi connectivity index (χ0) is 15.4. The predicted octanol–water partition coefficient (Wildman–Crippen LogP) is 4.25. The van der Waals surface area contributed by atoms with Gasteiger partial charge in [-0.3, -0.25) is 0 Å². The lowest BCUT2D eigenvalue weighted by Gasteiger charge is -2.20. The smallest absolute Gasteiger partial charge is 0.128 e. The first kappa shape index (κ1) is 16.2. The third-order valence-corrected chi connectivity index (χ3v) is 3.90. The van der Waals surface area contributed by atoms with E-state index in [0.29, 0.717) is 30.0 Å². The first-order valence-corrected chi connectivity index (χ1v) is 7.87. The summed E-state index contributed by atoms with van der Waals surface area (Å²) in [4.78, 5) is 4.57. The van der Waals surface area contributed by atoms with Gasteiger partial charge >= 0.3 is 0 Å². The fraction of sp³-hybridized carbons (Fsp3) is 0.562. The molecule has 0 spiro atoms. The van der Waals surface area contributed by atoms with E-state index in [1.165, 1.54) is 6.07 Å². The molecule has 1 aromatic carbocycles. The summed E-state index contributed by atoms with van der Waals surface area (Å²) in [5.74, 6) is 1.18. The number of imidazole rings is 1. The quantitative estimate of drug-likeness (QED) is 0.715. The van der Waals surface area contributed by atoms with Crippen LogP contribution in [-0.4, -0.2) is 29.1 Å². The van der Waals surface area contributed by atoms with Crippen LogP contribution in [0.25, 0.3) is 11.0 Å². The summed E-state index contributed by atoms with van der Waals surface area (Å²) in [6.07, 6.45) is 2.71. The number of benzene rings is 1. The highest BCUT2D eigenvalue weighted by molar-refractivity contribution is 6.17. The van der Waals surface area contributed by atoms with E-state index in [4.69, 9.17) is 16.3 Å². The molecular weight excluding hydrogens is 291 g/mol. The second kappa shape index (κ2) is 7.23. The van der Waals surface area contributed by atoms with Gasteiger partial charge in [0, 0.05) is 25.5 Å². The SMILES string of the molecule is CCCC(COC)n1c(CCCl)nc2cc(F)c(C)cc21. The van der Waals surface area contributed by atoms with Crippen LogP contribution >= 0.6 is 11.6 Å². The Balaban J connectivity index is 2.60. The third kappa shape index (κ3) is 3.38. The van der Waals surface area contributed by atoms with E-state index in [0.717, 1.165) is 24.2 Å². The summed E-state index contributed by atoms with van der Waals surface area (Å²) in [7, 11) is 1.70. The minimum Gasteiger partial charge on any atom is -0.383 e. The molecule has 0 aliphatic carbocycles. The van der Waals surface area contributed by atoms with Gasteiger partial charge in [0.1, 0.15) is 11.6 Å². The molecule has 0 amide bonds. The lowest BCUT2D eigenvalue weighted by molar-refractivity contribution is 0.151. The van der Waals surface area contributed by atoms with Gasteiger partial charge in [0.15, 0.2) is 0 Å². The van der Waals surface area contributed by atoms with Crippen molar-refractivity contribution in [2.45, 2.75) is 39.2 Å². The number of hydrogen-bond acceptors (Lipinski definition) is 2. The molecule has 0 radical (unpaired) electrons. The van der Waals surface area contributed by atoms with Crippen molar-refractivity contribution in [1.82, 2.24) is 9.55 Å². The van der Waals surface area contributed by atoms with E-state index in [1.54, 1.807) is 14.0 Å². The van der Waals surface area contributed by atoms with E-state index in [9.17, 15) is 4.39 Å². The Morgan fingerprint density at radius 3 is 2.81 bits per heavy atom. The van der Waals surface area contributed by atoms with Crippen molar-refractivity contribution in [2.75, 3.05) is 19.6 Å². The average Bonchev–Trinajstić information content (AvgIpc) is 2.77. The standard InChI is InChI=1S/C16H22ClFN2O/c1-4-5-12(10-21-3)20-15-8-11(2)13(18)9-14(15)19-16(20)6-7-17/h8-9,12H,4-7,10H2,1-3H3. The molecule has 1 heterocycles. The monoisotopic (exact) mass is 312 g/mol. The highest BCUT2D eigenvalue weighted by Crippen LogP contribution is 2.27. The highest BCUT2D eigenvalue weighted by atomic mass is 35.5. The van der Waals surface area contributed by atoms with Crippen LogP contribution in [0.4, 0.5) is 4.39 Å². The second-order valence-corrected chi connectivity index (χ2v) is 5.70. The molecule has 0 aliphatic rings. The van der Waals surface area contributed by atoms with Gasteiger partial charge < -0.3 is 9.30 Å². The molecule has 5 heteroatoms. The molecule has 0 N–H and O–H groups in total. The maximum atomic E-state index is 13.8. The van der Waals surface area contributed by atoms with E-state index >= 15 is 0 Å². The van der Waals surface area contributed by atoms with Gasteiger partial charge in [-0.15, -0.1) is 11.6 Å². The average molecular weight is 313 g/mol. The molecule has 3 nitrogen and oxygen atoms in total. The molecular formula is C16H22ClFN2O. The van der Waals surface area contributed by atoms with Crippen LogP contribution in [0.15, 0.2) is 12.1 Å². The first-order chi connectivity index (χ1) is 10.1. The van der Waals surface area contributed by atoms with Crippen molar-refractivity contribution in [2.24, 2.45) is 0 Å². The molecule has 0 fully saturated rings. The molecule has 116 valence electrons. The summed E-state index contributed by atoms with van der Waals surface area (Å²) in [6, 6.07) is 3.58. The molecule has 0 bridgehead atoms. The van der Waals surface area contributed by atoms with Crippen molar-refractivity contribution in [3.63, 3.8) is 0 Å². The number of hydrogen-bond donors (Lipinski definition) is 0. The highest BCUT2D eigenvalue weighted by Gasteiger charge is 2.19. The number of nitrogens with zero attached hydrogens (tertiary/aromatic N) is 2. The predicted molar refractivity (Wildman–Crippen MR) is 84.7 cm³/mol. The van der Waals surface area contributed by atoms with Gasteiger partial charge in [0.2, 0.25) is 0 Å². The van der Waals surface area contributed by atoms with Crippen molar-refractivity contribution in [3.05, 3.63) is 29.3 Å². The summed E-state index contributed by atoms with van der Waals surface area (Å²) in [5, 5.41) is 0. The number of methoxy groups -OCH3 is 1. The van der Waals surface area contributed by atoms with Gasteiger partial charge in [0.05, 0.1) is 23.7 Å². The van der Waals surface area contributed by atoms with E-state index in [2.05, 4.69) is 16.5 Å². The second-order valence-electron chi connectivity index (χ2n) is 5.32. The Bertz CT molecular complexity index is 606. The molecule has 0 aliphatic heterocycles. The Morgan fingerprint density at radius 2 is 2.19 bits per heavy atom. The summed E-state index contributed by atoms with van der Waals surface area (Å²) >= 11 is 5.90. The first-order valence-electron chi connectivity index (χ1n) is 7.34. The number of ether oxygens (including phenoxy) is 1. The van der Waals surface area contributed by atoms with Gasteiger partial charge in [-0.25, -0.2) is 9.37 Å². The van der Waals surface area contributed by atoms with Crippen LogP contribution in [0.3, 0.4) is 0 Å². The Hall–Kier alpha value is -1.13. The topological polar surface area (TPSA) is 27.1 Å². The van der Waals surface area contributed by atoms with E-state index < -0.39 is 0 Å². The van der Waals surface area contributed by atoms with Crippen molar-refractivity contribution in [3.8, 4) is 0 Å². The van der Waals surface area contributed by atoms with Crippen LogP contribution in [0.5, 0.6) is 0 Å². The molecule has 2 aromatic rings. The van der Waals surface area contributed by atoms with Gasteiger partial charge in [0.25, 0.3) is 0 Å². The number of aryl methyl sites for hydroxylation is 2. The molecule has 1 atom stereocenters. The minimum atomic E-state index is -0.219. The normalized spacial score (nSPS) is 13.0. The van der Waals surface area contributed by atoms with Crippen molar-refractivity contribution >= 4 is 22.6 Å². The van der Waals surface area contributed by atoms with Crippen LogP contribution < -0.4 is 0 Å². The molecule has 1 unspecified atom stereocenters. The molecule has 2 rings (SSSR count). The number of alkyl halides is 1. The van der Waals surface area contributed by atoms with Crippen LogP contribution in [-0.2, 0) is 11.2 Å². The van der Waals surface area contributed by atoms with E-state index in [1.807, 2.05) is 6.07 Å². The maximum absolute atomic E-state index is 13.8. The summed E-state index contributed by atoms with van der Waals surface area (Å²) < 4.78 is 21.3. The Labute approximate surface area is 130 Å². The maximum Gasteiger partial charge on any atom is 0.128 e. The molecule has 0 saturated carbocycles. The van der Waals surface area contributed by atoms with Crippen LogP contribution in [0.2, 0.25) is 0 Å². The van der Waals surface area contributed by atoms with E-state index in [-0.39, 0.29) is 11.9 Å².